The van der Waals surface area contributed by atoms with Gasteiger partial charge in [0.2, 0.25) is 5.91 Å². The molecule has 0 bridgehead atoms. The molecule has 1 amide bonds. The fraction of sp³-hybridized carbons (Fsp3) is 0.222. The zero-order chi connectivity index (χ0) is 9.14. The van der Waals surface area contributed by atoms with Crippen LogP contribution >= 0.6 is 0 Å². The van der Waals surface area contributed by atoms with Crippen molar-refractivity contribution in [3.63, 3.8) is 0 Å². The van der Waals surface area contributed by atoms with Crippen molar-refractivity contribution >= 4 is 11.6 Å². The molecule has 0 spiro atoms. The highest BCUT2D eigenvalue weighted by atomic mass is 19.1. The van der Waals surface area contributed by atoms with E-state index in [1.54, 1.807) is 19.1 Å². The van der Waals surface area contributed by atoms with E-state index in [2.05, 4.69) is 5.32 Å². The van der Waals surface area contributed by atoms with E-state index in [-0.39, 0.29) is 11.6 Å². The maximum Gasteiger partial charge on any atom is 0.221 e. The number of aryl methyl sites for hydroxylation is 1. The SMILES string of the molecule is CC(=O)Nc1c(C)cccc1F. The van der Waals surface area contributed by atoms with Crippen LogP contribution in [0.5, 0.6) is 0 Å². The summed E-state index contributed by atoms with van der Waals surface area (Å²) in [5.74, 6) is -0.659. The fourth-order valence-electron chi connectivity index (χ4n) is 0.966. The highest BCUT2D eigenvalue weighted by Gasteiger charge is 2.05. The van der Waals surface area contributed by atoms with Crippen molar-refractivity contribution in [2.45, 2.75) is 13.8 Å². The minimum absolute atomic E-state index is 0.261. The number of carbonyl (C=O) groups is 1. The number of amides is 1. The molecule has 0 aromatic heterocycles. The molecule has 0 unspecified atom stereocenters. The molecule has 1 aromatic carbocycles. The molecule has 1 aromatic rings. The second-order valence-electron chi connectivity index (χ2n) is 2.61. The fourth-order valence-corrected chi connectivity index (χ4v) is 0.966. The van der Waals surface area contributed by atoms with Crippen molar-refractivity contribution in [2.24, 2.45) is 0 Å². The first-order valence-corrected chi connectivity index (χ1v) is 3.64. The van der Waals surface area contributed by atoms with Gasteiger partial charge < -0.3 is 5.32 Å². The second-order valence-corrected chi connectivity index (χ2v) is 2.61. The maximum absolute atomic E-state index is 13.0. The molecule has 0 aliphatic heterocycles. The molecule has 2 nitrogen and oxygen atoms in total. The summed E-state index contributed by atoms with van der Waals surface area (Å²) in [6.45, 7) is 3.10. The van der Waals surface area contributed by atoms with Crippen molar-refractivity contribution < 1.29 is 9.18 Å². The van der Waals surface area contributed by atoms with Gasteiger partial charge in [-0.1, -0.05) is 12.1 Å². The summed E-state index contributed by atoms with van der Waals surface area (Å²) in [4.78, 5) is 10.6. The summed E-state index contributed by atoms with van der Waals surface area (Å²) < 4.78 is 13.0. The van der Waals surface area contributed by atoms with Crippen molar-refractivity contribution in [1.29, 1.82) is 0 Å². The van der Waals surface area contributed by atoms with Crippen LogP contribution in [0, 0.1) is 12.7 Å². The molecular formula is C9H10FNO. The molecule has 0 atom stereocenters. The van der Waals surface area contributed by atoms with E-state index in [0.717, 1.165) is 5.56 Å². The van der Waals surface area contributed by atoms with Crippen LogP contribution in [-0.2, 0) is 4.79 Å². The molecule has 0 aliphatic carbocycles. The molecule has 3 heteroatoms. The highest BCUT2D eigenvalue weighted by Crippen LogP contribution is 2.18. The Labute approximate surface area is 70.4 Å². The number of benzene rings is 1. The Morgan fingerprint density at radius 1 is 1.50 bits per heavy atom. The molecule has 64 valence electrons. The van der Waals surface area contributed by atoms with Gasteiger partial charge in [-0.05, 0) is 18.6 Å². The van der Waals surface area contributed by atoms with E-state index in [0.29, 0.717) is 0 Å². The minimum atomic E-state index is -0.398. The number of rotatable bonds is 1. The Morgan fingerprint density at radius 2 is 2.17 bits per heavy atom. The standard InChI is InChI=1S/C9H10FNO/c1-6-4-3-5-8(10)9(6)11-7(2)12/h3-5H,1-2H3,(H,11,12). The Hall–Kier alpha value is -1.38. The predicted molar refractivity (Wildman–Crippen MR) is 45.4 cm³/mol. The number of hydrogen-bond acceptors (Lipinski definition) is 1. The van der Waals surface area contributed by atoms with E-state index < -0.39 is 5.82 Å². The van der Waals surface area contributed by atoms with Crippen molar-refractivity contribution in [1.82, 2.24) is 0 Å². The number of anilines is 1. The van der Waals surface area contributed by atoms with Crippen molar-refractivity contribution in [3.05, 3.63) is 29.6 Å². The molecule has 1 N–H and O–H groups in total. The van der Waals surface area contributed by atoms with Gasteiger partial charge in [0.05, 0.1) is 5.69 Å². The molecule has 0 heterocycles. The largest absolute Gasteiger partial charge is 0.324 e. The molecule has 1 rings (SSSR count). The van der Waals surface area contributed by atoms with Crippen LogP contribution in [0.25, 0.3) is 0 Å². The molecule has 0 radical (unpaired) electrons. The smallest absolute Gasteiger partial charge is 0.221 e. The van der Waals surface area contributed by atoms with Crippen LogP contribution in [0.4, 0.5) is 10.1 Å². The summed E-state index contributed by atoms with van der Waals surface area (Å²) in [7, 11) is 0. The quantitative estimate of drug-likeness (QED) is 0.681. The van der Waals surface area contributed by atoms with Gasteiger partial charge in [-0.2, -0.15) is 0 Å². The van der Waals surface area contributed by atoms with Gasteiger partial charge in [0.1, 0.15) is 5.82 Å². The van der Waals surface area contributed by atoms with Crippen LogP contribution in [0.1, 0.15) is 12.5 Å². The third-order valence-corrected chi connectivity index (χ3v) is 1.52. The van der Waals surface area contributed by atoms with Gasteiger partial charge >= 0.3 is 0 Å². The Morgan fingerprint density at radius 3 is 2.67 bits per heavy atom. The van der Waals surface area contributed by atoms with Gasteiger partial charge in [-0.25, -0.2) is 4.39 Å². The molecule has 0 fully saturated rings. The number of carbonyl (C=O) groups excluding carboxylic acids is 1. The summed E-state index contributed by atoms with van der Waals surface area (Å²) in [6.07, 6.45) is 0. The lowest BCUT2D eigenvalue weighted by atomic mass is 10.2. The number of para-hydroxylation sites is 1. The van der Waals surface area contributed by atoms with Gasteiger partial charge in [0.15, 0.2) is 0 Å². The first-order chi connectivity index (χ1) is 5.61. The van der Waals surface area contributed by atoms with Crippen LogP contribution in [0.15, 0.2) is 18.2 Å². The summed E-state index contributed by atoms with van der Waals surface area (Å²) >= 11 is 0. The topological polar surface area (TPSA) is 29.1 Å². The Kier molecular flexibility index (Phi) is 2.43. The van der Waals surface area contributed by atoms with Gasteiger partial charge in [-0.15, -0.1) is 0 Å². The molecule has 12 heavy (non-hydrogen) atoms. The lowest BCUT2D eigenvalue weighted by molar-refractivity contribution is -0.114. The molecule has 0 saturated heterocycles. The number of halogens is 1. The van der Waals surface area contributed by atoms with Crippen LogP contribution in [0.2, 0.25) is 0 Å². The van der Waals surface area contributed by atoms with Gasteiger partial charge in [0, 0.05) is 6.92 Å². The average Bonchev–Trinajstić information content (AvgIpc) is 1.97. The van der Waals surface area contributed by atoms with Crippen LogP contribution in [0.3, 0.4) is 0 Å². The lowest BCUT2D eigenvalue weighted by Gasteiger charge is -2.06. The van der Waals surface area contributed by atoms with Crippen LogP contribution < -0.4 is 5.32 Å². The lowest BCUT2D eigenvalue weighted by Crippen LogP contribution is -2.08. The van der Waals surface area contributed by atoms with E-state index >= 15 is 0 Å². The monoisotopic (exact) mass is 167 g/mol. The molecule has 0 aliphatic rings. The summed E-state index contributed by atoms with van der Waals surface area (Å²) in [5.41, 5.74) is 0.996. The van der Waals surface area contributed by atoms with E-state index in [1.807, 2.05) is 0 Å². The third kappa shape index (κ3) is 1.81. The Bertz CT molecular complexity index is 289. The molecular weight excluding hydrogens is 157 g/mol. The van der Waals surface area contributed by atoms with Crippen LogP contribution in [-0.4, -0.2) is 5.91 Å². The predicted octanol–water partition coefficient (Wildman–Crippen LogP) is 2.09. The highest BCUT2D eigenvalue weighted by molar-refractivity contribution is 5.89. The first kappa shape index (κ1) is 8.71. The second kappa shape index (κ2) is 3.34. The van der Waals surface area contributed by atoms with E-state index in [1.165, 1.54) is 13.0 Å². The summed E-state index contributed by atoms with van der Waals surface area (Å²) in [6, 6.07) is 4.67. The number of nitrogens with one attached hydrogen (secondary N) is 1. The van der Waals surface area contributed by atoms with Crippen molar-refractivity contribution in [3.8, 4) is 0 Å². The average molecular weight is 167 g/mol. The third-order valence-electron chi connectivity index (χ3n) is 1.52. The van der Waals surface area contributed by atoms with E-state index in [4.69, 9.17) is 0 Å². The van der Waals surface area contributed by atoms with Crippen molar-refractivity contribution in [2.75, 3.05) is 5.32 Å². The zero-order valence-electron chi connectivity index (χ0n) is 7.02. The van der Waals surface area contributed by atoms with E-state index in [9.17, 15) is 9.18 Å². The van der Waals surface area contributed by atoms with Gasteiger partial charge in [0.25, 0.3) is 0 Å². The normalized spacial score (nSPS) is 9.58. The van der Waals surface area contributed by atoms with Gasteiger partial charge in [-0.3, -0.25) is 4.79 Å². The first-order valence-electron chi connectivity index (χ1n) is 3.64. The summed E-state index contributed by atoms with van der Waals surface area (Å²) in [5, 5.41) is 2.43. The zero-order valence-corrected chi connectivity index (χ0v) is 7.02. The maximum atomic E-state index is 13.0. The minimum Gasteiger partial charge on any atom is -0.324 e. The molecule has 0 saturated carbocycles. The number of hydrogen-bond donors (Lipinski definition) is 1. The Balaban J connectivity index is 3.04.